The van der Waals surface area contributed by atoms with E-state index in [1.54, 1.807) is 13.0 Å². The summed E-state index contributed by atoms with van der Waals surface area (Å²) < 4.78 is 4.94. The third-order valence-electron chi connectivity index (χ3n) is 3.61. The van der Waals surface area contributed by atoms with E-state index in [1.807, 2.05) is 0 Å². The van der Waals surface area contributed by atoms with Gasteiger partial charge in [-0.25, -0.2) is 0 Å². The van der Waals surface area contributed by atoms with Crippen molar-refractivity contribution in [3.05, 3.63) is 24.2 Å². The van der Waals surface area contributed by atoms with E-state index in [0.29, 0.717) is 19.3 Å². The van der Waals surface area contributed by atoms with Crippen molar-refractivity contribution in [1.82, 2.24) is 10.6 Å². The van der Waals surface area contributed by atoms with Crippen molar-refractivity contribution in [2.75, 3.05) is 0 Å². The standard InChI is InChI=1S/C14H18N2O5/c1-8(15-13(18)11-3-2-6-21-11)12(17)16-10-5-4-9(7-10)14(19)20/h2-3,6,8-10H,4-5,7H2,1H3,(H,15,18)(H,16,17)(H,19,20). The van der Waals surface area contributed by atoms with Gasteiger partial charge in [-0.3, -0.25) is 14.4 Å². The van der Waals surface area contributed by atoms with Gasteiger partial charge in [-0.05, 0) is 38.3 Å². The summed E-state index contributed by atoms with van der Waals surface area (Å²) in [6, 6.07) is 2.23. The van der Waals surface area contributed by atoms with Crippen LogP contribution in [0.1, 0.15) is 36.7 Å². The van der Waals surface area contributed by atoms with Gasteiger partial charge in [-0.1, -0.05) is 0 Å². The maximum absolute atomic E-state index is 12.0. The first kappa shape index (κ1) is 15.1. The summed E-state index contributed by atoms with van der Waals surface area (Å²) in [6.07, 6.45) is 3.01. The van der Waals surface area contributed by atoms with Gasteiger partial charge in [0.05, 0.1) is 12.2 Å². The molecule has 0 aromatic carbocycles. The number of carboxylic acids is 1. The van der Waals surface area contributed by atoms with E-state index in [9.17, 15) is 14.4 Å². The summed E-state index contributed by atoms with van der Waals surface area (Å²) >= 11 is 0. The van der Waals surface area contributed by atoms with Crippen molar-refractivity contribution in [3.8, 4) is 0 Å². The van der Waals surface area contributed by atoms with Crippen LogP contribution in [0.3, 0.4) is 0 Å². The highest BCUT2D eigenvalue weighted by atomic mass is 16.4. The van der Waals surface area contributed by atoms with E-state index < -0.39 is 23.8 Å². The topological polar surface area (TPSA) is 109 Å². The molecular formula is C14H18N2O5. The minimum Gasteiger partial charge on any atom is -0.481 e. The number of hydrogen-bond donors (Lipinski definition) is 3. The Bertz CT molecular complexity index is 525. The molecule has 7 heteroatoms. The predicted molar refractivity (Wildman–Crippen MR) is 72.5 cm³/mol. The van der Waals surface area contributed by atoms with Crippen LogP contribution in [0.5, 0.6) is 0 Å². The van der Waals surface area contributed by atoms with Crippen LogP contribution < -0.4 is 10.6 Å². The summed E-state index contributed by atoms with van der Waals surface area (Å²) in [6.45, 7) is 1.57. The van der Waals surface area contributed by atoms with E-state index in [1.165, 1.54) is 12.3 Å². The van der Waals surface area contributed by atoms with E-state index in [4.69, 9.17) is 9.52 Å². The smallest absolute Gasteiger partial charge is 0.306 e. The molecule has 3 atom stereocenters. The van der Waals surface area contributed by atoms with Crippen LogP contribution in [-0.4, -0.2) is 35.0 Å². The molecule has 0 bridgehead atoms. The zero-order valence-electron chi connectivity index (χ0n) is 11.7. The molecule has 1 aliphatic carbocycles. The molecule has 7 nitrogen and oxygen atoms in total. The third kappa shape index (κ3) is 3.84. The lowest BCUT2D eigenvalue weighted by Gasteiger charge is -2.17. The highest BCUT2D eigenvalue weighted by Gasteiger charge is 2.31. The maximum Gasteiger partial charge on any atom is 0.306 e. The van der Waals surface area contributed by atoms with E-state index in [0.717, 1.165) is 0 Å². The Kier molecular flexibility index (Phi) is 4.62. The van der Waals surface area contributed by atoms with Gasteiger partial charge in [0.25, 0.3) is 5.91 Å². The molecule has 1 saturated carbocycles. The Morgan fingerprint density at radius 3 is 2.71 bits per heavy atom. The fourth-order valence-corrected chi connectivity index (χ4v) is 2.40. The molecule has 1 heterocycles. The first-order valence-corrected chi connectivity index (χ1v) is 6.85. The number of rotatable bonds is 5. The molecule has 3 N–H and O–H groups in total. The highest BCUT2D eigenvalue weighted by Crippen LogP contribution is 2.25. The van der Waals surface area contributed by atoms with E-state index >= 15 is 0 Å². The molecule has 114 valence electrons. The van der Waals surface area contributed by atoms with Crippen molar-refractivity contribution >= 4 is 17.8 Å². The molecule has 0 radical (unpaired) electrons. The van der Waals surface area contributed by atoms with Crippen LogP contribution in [0.25, 0.3) is 0 Å². The molecule has 3 unspecified atom stereocenters. The molecule has 0 spiro atoms. The molecule has 0 saturated heterocycles. The zero-order valence-corrected chi connectivity index (χ0v) is 11.7. The number of carbonyl (C=O) groups excluding carboxylic acids is 2. The quantitative estimate of drug-likeness (QED) is 0.743. The minimum atomic E-state index is -0.828. The maximum atomic E-state index is 12.0. The van der Waals surface area contributed by atoms with E-state index in [-0.39, 0.29) is 17.7 Å². The molecule has 2 amide bonds. The number of furan rings is 1. The molecule has 1 fully saturated rings. The molecule has 1 aromatic heterocycles. The summed E-state index contributed by atoms with van der Waals surface area (Å²) in [4.78, 5) is 34.6. The Morgan fingerprint density at radius 1 is 1.38 bits per heavy atom. The third-order valence-corrected chi connectivity index (χ3v) is 3.61. The van der Waals surface area contributed by atoms with Crippen LogP contribution in [0, 0.1) is 5.92 Å². The second-order valence-electron chi connectivity index (χ2n) is 5.23. The number of amides is 2. The number of nitrogens with one attached hydrogen (secondary N) is 2. The number of aliphatic carboxylic acids is 1. The molecular weight excluding hydrogens is 276 g/mol. The van der Waals surface area contributed by atoms with Gasteiger partial charge in [0, 0.05) is 6.04 Å². The van der Waals surface area contributed by atoms with Crippen molar-refractivity contribution < 1.29 is 23.9 Å². The number of hydrogen-bond acceptors (Lipinski definition) is 4. The molecule has 1 aliphatic rings. The Morgan fingerprint density at radius 2 is 2.14 bits per heavy atom. The second kappa shape index (κ2) is 6.43. The largest absolute Gasteiger partial charge is 0.481 e. The van der Waals surface area contributed by atoms with Gasteiger partial charge in [0.2, 0.25) is 5.91 Å². The minimum absolute atomic E-state index is 0.140. The normalized spacial score (nSPS) is 22.5. The first-order valence-electron chi connectivity index (χ1n) is 6.85. The first-order chi connectivity index (χ1) is 9.97. The number of carboxylic acid groups (broad SMARTS) is 1. The van der Waals surface area contributed by atoms with Crippen molar-refractivity contribution in [2.45, 2.75) is 38.3 Å². The average Bonchev–Trinajstić information content (AvgIpc) is 3.09. The molecule has 1 aromatic rings. The van der Waals surface area contributed by atoms with Gasteiger partial charge in [0.15, 0.2) is 5.76 Å². The monoisotopic (exact) mass is 294 g/mol. The summed E-state index contributed by atoms with van der Waals surface area (Å²) in [7, 11) is 0. The lowest BCUT2D eigenvalue weighted by Crippen LogP contribution is -2.47. The Labute approximate surface area is 121 Å². The molecule has 21 heavy (non-hydrogen) atoms. The van der Waals surface area contributed by atoms with Gasteiger partial charge in [-0.2, -0.15) is 0 Å². The lowest BCUT2D eigenvalue weighted by molar-refractivity contribution is -0.141. The fourth-order valence-electron chi connectivity index (χ4n) is 2.40. The molecule has 0 aliphatic heterocycles. The molecule has 2 rings (SSSR count). The average molecular weight is 294 g/mol. The fraction of sp³-hybridized carbons (Fsp3) is 0.500. The van der Waals surface area contributed by atoms with Crippen LogP contribution >= 0.6 is 0 Å². The van der Waals surface area contributed by atoms with Gasteiger partial charge >= 0.3 is 5.97 Å². The Hall–Kier alpha value is -2.31. The van der Waals surface area contributed by atoms with Gasteiger partial charge in [-0.15, -0.1) is 0 Å². The van der Waals surface area contributed by atoms with Gasteiger partial charge in [0.1, 0.15) is 6.04 Å². The SMILES string of the molecule is CC(NC(=O)c1ccco1)C(=O)NC1CCC(C(=O)O)C1. The highest BCUT2D eigenvalue weighted by molar-refractivity contribution is 5.95. The van der Waals surface area contributed by atoms with Crippen molar-refractivity contribution in [3.63, 3.8) is 0 Å². The zero-order chi connectivity index (χ0) is 15.4. The van der Waals surface area contributed by atoms with Crippen LogP contribution in [0.2, 0.25) is 0 Å². The van der Waals surface area contributed by atoms with Crippen LogP contribution in [-0.2, 0) is 9.59 Å². The predicted octanol–water partition coefficient (Wildman–Crippen LogP) is 0.767. The second-order valence-corrected chi connectivity index (χ2v) is 5.23. The Balaban J connectivity index is 1.80. The number of carbonyl (C=O) groups is 3. The summed E-state index contributed by atoms with van der Waals surface area (Å²) in [5, 5.41) is 14.2. The lowest BCUT2D eigenvalue weighted by atomic mass is 10.1. The van der Waals surface area contributed by atoms with Gasteiger partial charge < -0.3 is 20.2 Å². The summed E-state index contributed by atoms with van der Waals surface area (Å²) in [5.74, 6) is -1.88. The van der Waals surface area contributed by atoms with Crippen LogP contribution in [0.15, 0.2) is 22.8 Å². The van der Waals surface area contributed by atoms with Crippen LogP contribution in [0.4, 0.5) is 0 Å². The van der Waals surface area contributed by atoms with Crippen molar-refractivity contribution in [2.24, 2.45) is 5.92 Å². The van der Waals surface area contributed by atoms with E-state index in [2.05, 4.69) is 10.6 Å². The van der Waals surface area contributed by atoms with Crippen molar-refractivity contribution in [1.29, 1.82) is 0 Å². The summed E-state index contributed by atoms with van der Waals surface area (Å²) in [5.41, 5.74) is 0.